The van der Waals surface area contributed by atoms with Gasteiger partial charge in [-0.05, 0) is 92.0 Å². The van der Waals surface area contributed by atoms with Crippen molar-refractivity contribution in [3.63, 3.8) is 0 Å². The Labute approximate surface area is 228 Å². The highest BCUT2D eigenvalue weighted by Gasteiger charge is 2.17. The zero-order valence-corrected chi connectivity index (χ0v) is 22.1. The maximum atomic E-state index is 4.48. The fourth-order valence-corrected chi connectivity index (χ4v) is 5.99. The molecule has 5 aromatic carbocycles. The van der Waals surface area contributed by atoms with E-state index in [1.165, 1.54) is 71.6 Å². The van der Waals surface area contributed by atoms with Gasteiger partial charge in [-0.15, -0.1) is 0 Å². The largest absolute Gasteiger partial charge is 0.367 e. The summed E-state index contributed by atoms with van der Waals surface area (Å²) in [5, 5.41) is 5.08. The second-order valence-corrected chi connectivity index (χ2v) is 10.2. The molecule has 2 heterocycles. The fourth-order valence-electron chi connectivity index (χ4n) is 5.99. The molecule has 2 aromatic heterocycles. The van der Waals surface area contributed by atoms with Crippen molar-refractivity contribution in [2.45, 2.75) is 13.8 Å². The Morgan fingerprint density at radius 3 is 1.67 bits per heavy atom. The first-order valence-corrected chi connectivity index (χ1v) is 13.4. The Kier molecular flexibility index (Phi) is 5.60. The minimum absolute atomic E-state index is 1.04. The molecule has 0 saturated carbocycles. The third-order valence-electron chi connectivity index (χ3n) is 7.85. The molecule has 0 atom stereocenters. The van der Waals surface area contributed by atoms with E-state index < -0.39 is 0 Å². The van der Waals surface area contributed by atoms with E-state index in [9.17, 15) is 0 Å². The molecule has 0 saturated heterocycles. The quantitative estimate of drug-likeness (QED) is 0.239. The highest BCUT2D eigenvalue weighted by Crippen LogP contribution is 2.44. The van der Waals surface area contributed by atoms with Gasteiger partial charge in [0.2, 0.25) is 0 Å². The number of aromatic amines is 1. The average molecular weight is 501 g/mol. The summed E-state index contributed by atoms with van der Waals surface area (Å²) in [4.78, 5) is 7.66. The van der Waals surface area contributed by atoms with E-state index in [1.807, 2.05) is 18.5 Å². The second-order valence-electron chi connectivity index (χ2n) is 10.2. The molecule has 0 aliphatic carbocycles. The van der Waals surface area contributed by atoms with Crippen LogP contribution in [0.5, 0.6) is 0 Å². The third kappa shape index (κ3) is 3.93. The number of hydrogen-bond donors (Lipinski definition) is 1. The molecule has 7 aromatic rings. The number of aromatic nitrogens is 2. The summed E-state index contributed by atoms with van der Waals surface area (Å²) in [6.45, 7) is 4.27. The minimum Gasteiger partial charge on any atom is -0.367 e. The molecule has 39 heavy (non-hydrogen) atoms. The summed E-state index contributed by atoms with van der Waals surface area (Å²) < 4.78 is 0. The summed E-state index contributed by atoms with van der Waals surface area (Å²) in [5.41, 5.74) is 12.2. The number of rotatable bonds is 4. The lowest BCUT2D eigenvalue weighted by Crippen LogP contribution is -1.92. The van der Waals surface area contributed by atoms with E-state index in [1.54, 1.807) is 0 Å². The Balaban J connectivity index is 1.45. The van der Waals surface area contributed by atoms with E-state index in [4.69, 9.17) is 0 Å². The Bertz CT molecular complexity index is 1910. The Morgan fingerprint density at radius 2 is 1.10 bits per heavy atom. The first kappa shape index (κ1) is 23.2. The molecule has 0 spiro atoms. The van der Waals surface area contributed by atoms with Crippen molar-refractivity contribution >= 4 is 21.5 Å². The van der Waals surface area contributed by atoms with Crippen molar-refractivity contribution in [2.75, 3.05) is 0 Å². The topological polar surface area (TPSA) is 28.7 Å². The van der Waals surface area contributed by atoms with Gasteiger partial charge in [0, 0.05) is 29.8 Å². The lowest BCUT2D eigenvalue weighted by molar-refractivity contribution is 1.20. The van der Waals surface area contributed by atoms with Gasteiger partial charge in [-0.1, -0.05) is 97.1 Å². The van der Waals surface area contributed by atoms with Gasteiger partial charge in [-0.2, -0.15) is 0 Å². The molecule has 2 nitrogen and oxygen atoms in total. The van der Waals surface area contributed by atoms with Gasteiger partial charge in [0.1, 0.15) is 0 Å². The third-order valence-corrected chi connectivity index (χ3v) is 7.85. The van der Waals surface area contributed by atoms with E-state index in [-0.39, 0.29) is 0 Å². The van der Waals surface area contributed by atoms with Gasteiger partial charge in [-0.25, -0.2) is 0 Å². The number of aryl methyl sites for hydroxylation is 2. The van der Waals surface area contributed by atoms with E-state index >= 15 is 0 Å². The average Bonchev–Trinajstić information content (AvgIpc) is 3.51. The predicted molar refractivity (Wildman–Crippen MR) is 165 cm³/mol. The molecule has 0 amide bonds. The zero-order chi connectivity index (χ0) is 26.3. The maximum absolute atomic E-state index is 4.48. The molecule has 1 N–H and O–H groups in total. The first-order valence-electron chi connectivity index (χ1n) is 13.4. The number of hydrogen-bond acceptors (Lipinski definition) is 1. The van der Waals surface area contributed by atoms with Gasteiger partial charge >= 0.3 is 0 Å². The van der Waals surface area contributed by atoms with Crippen LogP contribution < -0.4 is 0 Å². The monoisotopic (exact) mass is 500 g/mol. The smallest absolute Gasteiger partial charge is 0.0450 e. The number of nitrogens with zero attached hydrogens (tertiary/aromatic N) is 1. The van der Waals surface area contributed by atoms with Crippen molar-refractivity contribution in [1.29, 1.82) is 0 Å². The Morgan fingerprint density at radius 1 is 0.513 bits per heavy atom. The van der Waals surface area contributed by atoms with Crippen LogP contribution in [0.2, 0.25) is 0 Å². The molecule has 0 unspecified atom stereocenters. The fraction of sp³-hybridized carbons (Fsp3) is 0.0541. The molecule has 0 radical (unpaired) electrons. The van der Waals surface area contributed by atoms with Gasteiger partial charge in [-0.3, -0.25) is 4.98 Å². The van der Waals surface area contributed by atoms with Crippen molar-refractivity contribution in [3.8, 4) is 44.5 Å². The van der Waals surface area contributed by atoms with Crippen LogP contribution in [0.4, 0.5) is 0 Å². The van der Waals surface area contributed by atoms with Crippen molar-refractivity contribution in [1.82, 2.24) is 9.97 Å². The molecular weight excluding hydrogens is 472 g/mol. The highest BCUT2D eigenvalue weighted by molar-refractivity contribution is 6.21. The molecule has 0 fully saturated rings. The normalized spacial score (nSPS) is 11.3. The van der Waals surface area contributed by atoms with E-state index in [0.29, 0.717) is 0 Å². The van der Waals surface area contributed by atoms with Gasteiger partial charge in [0.05, 0.1) is 0 Å². The van der Waals surface area contributed by atoms with Crippen LogP contribution in [0.3, 0.4) is 0 Å². The predicted octanol–water partition coefficient (Wildman–Crippen LogP) is 10.0. The molecule has 0 aliphatic heterocycles. The van der Waals surface area contributed by atoms with Gasteiger partial charge in [0.25, 0.3) is 0 Å². The first-order chi connectivity index (χ1) is 19.2. The van der Waals surface area contributed by atoms with Crippen molar-refractivity contribution < 1.29 is 0 Å². The highest BCUT2D eigenvalue weighted by atomic mass is 14.7. The summed E-state index contributed by atoms with van der Waals surface area (Å²) >= 11 is 0. The zero-order valence-electron chi connectivity index (χ0n) is 22.1. The van der Waals surface area contributed by atoms with Crippen molar-refractivity contribution in [2.24, 2.45) is 0 Å². The SMILES string of the molecule is Cc1cc(-c2c3ccccc3c(-c3ccc(-c4cccnc4C)cc3)c3ccccc23)ccc1-c1cc[nH]c1. The van der Waals surface area contributed by atoms with Crippen LogP contribution in [0.1, 0.15) is 11.3 Å². The van der Waals surface area contributed by atoms with Crippen LogP contribution in [0, 0.1) is 13.8 Å². The van der Waals surface area contributed by atoms with Crippen LogP contribution in [0.25, 0.3) is 66.1 Å². The van der Waals surface area contributed by atoms with Crippen molar-refractivity contribution in [3.05, 3.63) is 139 Å². The standard InChI is InChI=1S/C37H28N2/c1-24-22-28(17-18-30(24)29-19-21-38-23-29)37-34-10-5-3-8-32(34)36(33-9-4-6-11-35(33)37)27-15-13-26(14-16-27)31-12-7-20-39-25(31)2/h3-23,38H,1-2H3. The number of H-pyrrole nitrogens is 1. The van der Waals surface area contributed by atoms with Crippen LogP contribution in [0.15, 0.2) is 128 Å². The lowest BCUT2D eigenvalue weighted by atomic mass is 9.85. The Hall–Kier alpha value is -4.95. The maximum Gasteiger partial charge on any atom is 0.0450 e. The number of benzene rings is 5. The summed E-state index contributed by atoms with van der Waals surface area (Å²) in [6, 6.07) is 39.8. The van der Waals surface area contributed by atoms with E-state index in [2.05, 4.69) is 133 Å². The molecule has 2 heteroatoms. The van der Waals surface area contributed by atoms with Gasteiger partial charge < -0.3 is 4.98 Å². The number of pyridine rings is 1. The van der Waals surface area contributed by atoms with Crippen LogP contribution in [-0.4, -0.2) is 9.97 Å². The molecule has 0 bridgehead atoms. The molecular formula is C37H28N2. The molecule has 186 valence electrons. The van der Waals surface area contributed by atoms with Crippen LogP contribution in [-0.2, 0) is 0 Å². The minimum atomic E-state index is 1.04. The molecule has 0 aliphatic rings. The number of fused-ring (bicyclic) bond motifs is 2. The second kappa shape index (κ2) is 9.41. The summed E-state index contributed by atoms with van der Waals surface area (Å²) in [6.07, 6.45) is 5.89. The van der Waals surface area contributed by atoms with E-state index in [0.717, 1.165) is 5.69 Å². The summed E-state index contributed by atoms with van der Waals surface area (Å²) in [5.74, 6) is 0. The number of nitrogens with one attached hydrogen (secondary N) is 1. The van der Waals surface area contributed by atoms with Crippen LogP contribution >= 0.6 is 0 Å². The lowest BCUT2D eigenvalue weighted by Gasteiger charge is -2.18. The van der Waals surface area contributed by atoms with Gasteiger partial charge in [0.15, 0.2) is 0 Å². The summed E-state index contributed by atoms with van der Waals surface area (Å²) in [7, 11) is 0. The molecule has 7 rings (SSSR count).